The summed E-state index contributed by atoms with van der Waals surface area (Å²) in [4.78, 5) is 23.9. The number of amides is 2. The first kappa shape index (κ1) is 13.2. The number of rotatable bonds is 0. The summed E-state index contributed by atoms with van der Waals surface area (Å²) in [6.07, 6.45) is 1.59. The van der Waals surface area contributed by atoms with Crippen LogP contribution < -0.4 is 5.32 Å². The van der Waals surface area contributed by atoms with E-state index in [2.05, 4.69) is 19.2 Å². The number of carbonyl (C=O) groups excluding carboxylic acids is 2. The molecule has 0 aromatic heterocycles. The lowest BCUT2D eigenvalue weighted by atomic mass is 9.65. The van der Waals surface area contributed by atoms with Gasteiger partial charge in [0.25, 0.3) is 0 Å². The van der Waals surface area contributed by atoms with E-state index in [0.29, 0.717) is 0 Å². The Morgan fingerprint density at radius 1 is 0.812 bits per heavy atom. The van der Waals surface area contributed by atoms with Crippen molar-refractivity contribution in [2.75, 3.05) is 0 Å². The first-order valence-corrected chi connectivity index (χ1v) is 5.82. The van der Waals surface area contributed by atoms with Crippen molar-refractivity contribution in [1.82, 2.24) is 5.32 Å². The van der Waals surface area contributed by atoms with Crippen molar-refractivity contribution in [3.05, 3.63) is 0 Å². The standard InChI is InChI=1S/C13H23NO2/c1-11(2)7-12(3,4)9(15)14-10(16)13(5,6)8-11/h7-8H2,1-6H3,(H,14,15,16). The third-order valence-electron chi connectivity index (χ3n) is 3.30. The van der Waals surface area contributed by atoms with Crippen LogP contribution in [0.1, 0.15) is 54.4 Å². The molecule has 16 heavy (non-hydrogen) atoms. The second-order valence-corrected chi connectivity index (χ2v) is 7.07. The van der Waals surface area contributed by atoms with E-state index >= 15 is 0 Å². The highest BCUT2D eigenvalue weighted by Gasteiger charge is 2.44. The zero-order valence-corrected chi connectivity index (χ0v) is 11.2. The van der Waals surface area contributed by atoms with Gasteiger partial charge in [0.1, 0.15) is 0 Å². The average molecular weight is 225 g/mol. The molecule has 1 aliphatic heterocycles. The Morgan fingerprint density at radius 2 is 1.12 bits per heavy atom. The fourth-order valence-electron chi connectivity index (χ4n) is 3.06. The average Bonchev–Trinajstić information content (AvgIpc) is 1.97. The minimum atomic E-state index is -0.477. The van der Waals surface area contributed by atoms with Crippen molar-refractivity contribution in [3.63, 3.8) is 0 Å². The highest BCUT2D eigenvalue weighted by atomic mass is 16.2. The third-order valence-corrected chi connectivity index (χ3v) is 3.30. The lowest BCUT2D eigenvalue weighted by molar-refractivity contribution is -0.144. The lowest BCUT2D eigenvalue weighted by Gasteiger charge is -2.41. The second-order valence-electron chi connectivity index (χ2n) is 7.07. The zero-order chi connectivity index (χ0) is 12.8. The Morgan fingerprint density at radius 3 is 1.44 bits per heavy atom. The van der Waals surface area contributed by atoms with Crippen molar-refractivity contribution >= 4 is 11.8 Å². The number of carbonyl (C=O) groups is 2. The van der Waals surface area contributed by atoms with Crippen LogP contribution in [0.3, 0.4) is 0 Å². The van der Waals surface area contributed by atoms with Crippen LogP contribution in [0.4, 0.5) is 0 Å². The van der Waals surface area contributed by atoms with Crippen LogP contribution in [0, 0.1) is 16.2 Å². The molecular weight excluding hydrogens is 202 g/mol. The maximum absolute atomic E-state index is 11.9. The fourth-order valence-corrected chi connectivity index (χ4v) is 3.06. The number of nitrogens with one attached hydrogen (secondary N) is 1. The highest BCUT2D eigenvalue weighted by Crippen LogP contribution is 2.43. The van der Waals surface area contributed by atoms with Crippen molar-refractivity contribution < 1.29 is 9.59 Å². The Hall–Kier alpha value is -0.860. The molecule has 0 aliphatic carbocycles. The number of hydrogen-bond donors (Lipinski definition) is 1. The van der Waals surface area contributed by atoms with E-state index in [4.69, 9.17) is 0 Å². The van der Waals surface area contributed by atoms with Gasteiger partial charge in [0.15, 0.2) is 0 Å². The Labute approximate surface area is 98.0 Å². The van der Waals surface area contributed by atoms with Crippen LogP contribution >= 0.6 is 0 Å². The van der Waals surface area contributed by atoms with Crippen LogP contribution in [0.25, 0.3) is 0 Å². The van der Waals surface area contributed by atoms with Gasteiger partial charge in [0, 0.05) is 10.8 Å². The van der Waals surface area contributed by atoms with Gasteiger partial charge in [-0.3, -0.25) is 14.9 Å². The lowest BCUT2D eigenvalue weighted by Crippen LogP contribution is -2.51. The normalized spacial score (nSPS) is 27.9. The molecule has 3 nitrogen and oxygen atoms in total. The molecule has 0 unspecified atom stereocenters. The molecule has 1 aliphatic rings. The van der Waals surface area contributed by atoms with Gasteiger partial charge in [-0.05, 0) is 18.3 Å². The van der Waals surface area contributed by atoms with E-state index in [-0.39, 0.29) is 17.2 Å². The third kappa shape index (κ3) is 2.63. The van der Waals surface area contributed by atoms with Crippen molar-refractivity contribution in [2.24, 2.45) is 16.2 Å². The monoisotopic (exact) mass is 225 g/mol. The molecule has 1 heterocycles. The molecule has 1 rings (SSSR count). The van der Waals surface area contributed by atoms with E-state index in [1.54, 1.807) is 0 Å². The summed E-state index contributed by atoms with van der Waals surface area (Å²) >= 11 is 0. The van der Waals surface area contributed by atoms with Crippen LogP contribution in [0.5, 0.6) is 0 Å². The van der Waals surface area contributed by atoms with Gasteiger partial charge in [0.2, 0.25) is 11.8 Å². The first-order valence-electron chi connectivity index (χ1n) is 5.82. The molecule has 1 N–H and O–H groups in total. The second kappa shape index (κ2) is 3.57. The van der Waals surface area contributed by atoms with E-state index < -0.39 is 10.8 Å². The highest BCUT2D eigenvalue weighted by molar-refractivity contribution is 6.00. The number of imide groups is 1. The molecule has 3 heteroatoms. The van der Waals surface area contributed by atoms with Crippen molar-refractivity contribution in [3.8, 4) is 0 Å². The maximum Gasteiger partial charge on any atom is 0.232 e. The molecular formula is C13H23NO2. The SMILES string of the molecule is CC1(C)CC(C)(C)C(=O)NC(=O)C(C)(C)C1. The van der Waals surface area contributed by atoms with E-state index in [9.17, 15) is 9.59 Å². The van der Waals surface area contributed by atoms with E-state index in [1.807, 2.05) is 27.7 Å². The topological polar surface area (TPSA) is 46.2 Å². The van der Waals surface area contributed by atoms with Gasteiger partial charge in [-0.1, -0.05) is 41.5 Å². The van der Waals surface area contributed by atoms with Crippen LogP contribution in [-0.4, -0.2) is 11.8 Å². The predicted molar refractivity (Wildman–Crippen MR) is 63.7 cm³/mol. The smallest absolute Gasteiger partial charge is 0.232 e. The molecule has 92 valence electrons. The van der Waals surface area contributed by atoms with Gasteiger partial charge >= 0.3 is 0 Å². The quantitative estimate of drug-likeness (QED) is 0.644. The van der Waals surface area contributed by atoms with Crippen LogP contribution in [0.15, 0.2) is 0 Å². The molecule has 1 saturated heterocycles. The predicted octanol–water partition coefficient (Wildman–Crippen LogP) is 2.50. The van der Waals surface area contributed by atoms with E-state index in [0.717, 1.165) is 12.8 Å². The molecule has 0 radical (unpaired) electrons. The molecule has 1 fully saturated rings. The summed E-state index contributed by atoms with van der Waals surface area (Å²) in [7, 11) is 0. The molecule has 0 aromatic carbocycles. The zero-order valence-electron chi connectivity index (χ0n) is 11.2. The van der Waals surface area contributed by atoms with Gasteiger partial charge in [-0.2, -0.15) is 0 Å². The minimum Gasteiger partial charge on any atom is -0.296 e. The van der Waals surface area contributed by atoms with Crippen LogP contribution in [-0.2, 0) is 9.59 Å². The Kier molecular flexibility index (Phi) is 2.95. The molecule has 0 saturated carbocycles. The minimum absolute atomic E-state index is 0.000417. The van der Waals surface area contributed by atoms with Crippen LogP contribution in [0.2, 0.25) is 0 Å². The summed E-state index contributed by atoms with van der Waals surface area (Å²) < 4.78 is 0. The summed E-state index contributed by atoms with van der Waals surface area (Å²) in [6.45, 7) is 11.8. The fraction of sp³-hybridized carbons (Fsp3) is 0.846. The van der Waals surface area contributed by atoms with Gasteiger partial charge in [0.05, 0.1) is 0 Å². The summed E-state index contributed by atoms with van der Waals surface area (Å²) in [5.74, 6) is -0.309. The van der Waals surface area contributed by atoms with Crippen molar-refractivity contribution in [2.45, 2.75) is 54.4 Å². The molecule has 0 aromatic rings. The largest absolute Gasteiger partial charge is 0.296 e. The molecule has 0 bridgehead atoms. The Balaban J connectivity index is 3.09. The maximum atomic E-state index is 11.9. The number of hydrogen-bond acceptors (Lipinski definition) is 2. The summed E-state index contributed by atoms with van der Waals surface area (Å²) in [5.41, 5.74) is -0.953. The summed E-state index contributed by atoms with van der Waals surface area (Å²) in [5, 5.41) is 2.52. The molecule has 0 atom stereocenters. The van der Waals surface area contributed by atoms with Crippen molar-refractivity contribution in [1.29, 1.82) is 0 Å². The van der Waals surface area contributed by atoms with Gasteiger partial charge in [-0.15, -0.1) is 0 Å². The van der Waals surface area contributed by atoms with Gasteiger partial charge < -0.3 is 0 Å². The first-order chi connectivity index (χ1) is 6.96. The van der Waals surface area contributed by atoms with Gasteiger partial charge in [-0.25, -0.2) is 0 Å². The molecule has 0 spiro atoms. The molecule has 2 amide bonds. The summed E-state index contributed by atoms with van der Waals surface area (Å²) in [6, 6.07) is 0. The van der Waals surface area contributed by atoms with E-state index in [1.165, 1.54) is 0 Å². The Bertz CT molecular complexity index is 297.